The molecule has 1 aromatic rings. The lowest BCUT2D eigenvalue weighted by Gasteiger charge is -2.05. The molecular weight excluding hydrogens is 168 g/mol. The van der Waals surface area contributed by atoms with E-state index in [1.807, 2.05) is 0 Å². The van der Waals surface area contributed by atoms with Gasteiger partial charge in [0.25, 0.3) is 0 Å². The van der Waals surface area contributed by atoms with Crippen LogP contribution in [0.15, 0.2) is 36.4 Å². The average molecular weight is 188 g/mol. The van der Waals surface area contributed by atoms with Crippen LogP contribution in [0.25, 0.3) is 0 Å². The van der Waals surface area contributed by atoms with Crippen molar-refractivity contribution < 1.29 is 0 Å². The third-order valence-corrected chi connectivity index (χ3v) is 2.38. The minimum absolute atomic E-state index is 1.09. The number of hydrogen-bond acceptors (Lipinski definition) is 0. The number of allylic oxidation sites excluding steroid dienone is 2. The van der Waals surface area contributed by atoms with Crippen LogP contribution in [0.4, 0.5) is 0 Å². The first kappa shape index (κ1) is 11.0. The van der Waals surface area contributed by atoms with E-state index < -0.39 is 0 Å². The maximum Gasteiger partial charge on any atom is -0.00947 e. The Labute approximate surface area is 87.7 Å². The van der Waals surface area contributed by atoms with Crippen LogP contribution in [-0.2, 0) is 12.8 Å². The largest absolute Gasteiger partial charge is 0.0885 e. The molecule has 14 heavy (non-hydrogen) atoms. The Morgan fingerprint density at radius 1 is 1.00 bits per heavy atom. The van der Waals surface area contributed by atoms with Crippen molar-refractivity contribution in [2.75, 3.05) is 0 Å². The Balaban J connectivity index is 2.68. The summed E-state index contributed by atoms with van der Waals surface area (Å²) in [4.78, 5) is 0. The Kier molecular flexibility index (Phi) is 5.06. The van der Waals surface area contributed by atoms with E-state index >= 15 is 0 Å². The normalized spacial score (nSPS) is 11.0. The molecule has 0 saturated heterocycles. The van der Waals surface area contributed by atoms with Crippen LogP contribution < -0.4 is 0 Å². The van der Waals surface area contributed by atoms with Crippen molar-refractivity contribution in [3.8, 4) is 0 Å². The van der Waals surface area contributed by atoms with Crippen LogP contribution in [0.5, 0.6) is 0 Å². The van der Waals surface area contributed by atoms with Crippen molar-refractivity contribution in [1.29, 1.82) is 0 Å². The fourth-order valence-electron chi connectivity index (χ4n) is 1.65. The van der Waals surface area contributed by atoms with E-state index in [9.17, 15) is 0 Å². The van der Waals surface area contributed by atoms with Gasteiger partial charge in [-0.05, 0) is 30.4 Å². The molecule has 0 saturated carbocycles. The highest BCUT2D eigenvalue weighted by molar-refractivity contribution is 5.28. The van der Waals surface area contributed by atoms with Crippen molar-refractivity contribution in [2.45, 2.75) is 39.5 Å². The van der Waals surface area contributed by atoms with E-state index in [-0.39, 0.29) is 0 Å². The predicted molar refractivity (Wildman–Crippen MR) is 63.6 cm³/mol. The van der Waals surface area contributed by atoms with E-state index in [0.717, 1.165) is 12.8 Å². The summed E-state index contributed by atoms with van der Waals surface area (Å²) < 4.78 is 0. The van der Waals surface area contributed by atoms with Crippen molar-refractivity contribution in [3.63, 3.8) is 0 Å². The van der Waals surface area contributed by atoms with Gasteiger partial charge in [-0.25, -0.2) is 0 Å². The van der Waals surface area contributed by atoms with Gasteiger partial charge in [0.05, 0.1) is 0 Å². The predicted octanol–water partition coefficient (Wildman–Crippen LogP) is 4.15. The first-order valence-corrected chi connectivity index (χ1v) is 5.60. The molecule has 0 amide bonds. The van der Waals surface area contributed by atoms with Crippen molar-refractivity contribution in [3.05, 3.63) is 47.5 Å². The van der Waals surface area contributed by atoms with Crippen LogP contribution in [0, 0.1) is 0 Å². The molecule has 0 atom stereocenters. The molecule has 0 spiro atoms. The summed E-state index contributed by atoms with van der Waals surface area (Å²) in [6.07, 6.45) is 9.17. The molecule has 0 aromatic heterocycles. The zero-order valence-electron chi connectivity index (χ0n) is 9.29. The highest BCUT2D eigenvalue weighted by Crippen LogP contribution is 2.12. The molecule has 1 rings (SSSR count). The minimum atomic E-state index is 1.09. The van der Waals surface area contributed by atoms with Gasteiger partial charge in [0.1, 0.15) is 0 Å². The second-order valence-corrected chi connectivity index (χ2v) is 3.60. The fraction of sp³-hybridized carbons (Fsp3) is 0.429. The van der Waals surface area contributed by atoms with Crippen LogP contribution >= 0.6 is 0 Å². The molecule has 0 nitrogen and oxygen atoms in total. The maximum atomic E-state index is 2.27. The topological polar surface area (TPSA) is 0 Å². The van der Waals surface area contributed by atoms with E-state index in [0.29, 0.717) is 0 Å². The standard InChI is InChI=1S/C14H20/c1-3-5-6-10-14-12-8-7-11-13(14)9-4-2/h5-8,11-12H,3-4,9-10H2,1-2H3/b6-5-. The van der Waals surface area contributed by atoms with E-state index in [1.165, 1.54) is 24.0 Å². The maximum absolute atomic E-state index is 2.27. The monoisotopic (exact) mass is 188 g/mol. The van der Waals surface area contributed by atoms with Gasteiger partial charge < -0.3 is 0 Å². The summed E-state index contributed by atoms with van der Waals surface area (Å²) in [5.74, 6) is 0. The first-order valence-electron chi connectivity index (χ1n) is 5.60. The molecule has 0 aliphatic rings. The lowest BCUT2D eigenvalue weighted by molar-refractivity contribution is 0.906. The molecule has 0 aliphatic heterocycles. The summed E-state index contributed by atoms with van der Waals surface area (Å²) >= 11 is 0. The van der Waals surface area contributed by atoms with Gasteiger partial charge in [-0.1, -0.05) is 56.7 Å². The van der Waals surface area contributed by atoms with Gasteiger partial charge in [0.2, 0.25) is 0 Å². The molecule has 0 unspecified atom stereocenters. The highest BCUT2D eigenvalue weighted by atomic mass is 14.0. The summed E-state index contributed by atoms with van der Waals surface area (Å²) in [6.45, 7) is 4.41. The summed E-state index contributed by atoms with van der Waals surface area (Å²) in [5, 5.41) is 0. The van der Waals surface area contributed by atoms with Gasteiger partial charge in [-0.15, -0.1) is 0 Å². The molecule has 0 aliphatic carbocycles. The molecule has 0 radical (unpaired) electrons. The number of aryl methyl sites for hydroxylation is 1. The minimum Gasteiger partial charge on any atom is -0.0885 e. The van der Waals surface area contributed by atoms with Crippen molar-refractivity contribution in [2.24, 2.45) is 0 Å². The van der Waals surface area contributed by atoms with Crippen molar-refractivity contribution >= 4 is 0 Å². The second kappa shape index (κ2) is 6.42. The third-order valence-electron chi connectivity index (χ3n) is 2.38. The lowest BCUT2D eigenvalue weighted by Crippen LogP contribution is -1.91. The number of benzene rings is 1. The summed E-state index contributed by atoms with van der Waals surface area (Å²) in [6, 6.07) is 8.76. The SMILES string of the molecule is CC/C=C\Cc1ccccc1CCC. The summed E-state index contributed by atoms with van der Waals surface area (Å²) in [7, 11) is 0. The molecule has 0 fully saturated rings. The zero-order chi connectivity index (χ0) is 10.2. The molecule has 1 aromatic carbocycles. The van der Waals surface area contributed by atoms with Crippen LogP contribution in [-0.4, -0.2) is 0 Å². The number of rotatable bonds is 5. The van der Waals surface area contributed by atoms with E-state index in [2.05, 4.69) is 50.3 Å². The Hall–Kier alpha value is -1.04. The average Bonchev–Trinajstić information content (AvgIpc) is 2.21. The first-order chi connectivity index (χ1) is 6.88. The van der Waals surface area contributed by atoms with Gasteiger partial charge in [-0.3, -0.25) is 0 Å². The Morgan fingerprint density at radius 2 is 1.71 bits per heavy atom. The van der Waals surface area contributed by atoms with Crippen LogP contribution in [0.2, 0.25) is 0 Å². The molecule has 0 heterocycles. The van der Waals surface area contributed by atoms with E-state index in [4.69, 9.17) is 0 Å². The van der Waals surface area contributed by atoms with Gasteiger partial charge in [-0.2, -0.15) is 0 Å². The molecule has 0 heteroatoms. The summed E-state index contributed by atoms with van der Waals surface area (Å²) in [5.41, 5.74) is 3.00. The molecular formula is C14H20. The number of hydrogen-bond donors (Lipinski definition) is 0. The molecule has 0 bridgehead atoms. The van der Waals surface area contributed by atoms with Crippen molar-refractivity contribution in [1.82, 2.24) is 0 Å². The Bertz CT molecular complexity index is 284. The smallest absolute Gasteiger partial charge is 0.00947 e. The molecule has 0 N–H and O–H groups in total. The zero-order valence-corrected chi connectivity index (χ0v) is 9.29. The van der Waals surface area contributed by atoms with E-state index in [1.54, 1.807) is 0 Å². The third kappa shape index (κ3) is 3.37. The fourth-order valence-corrected chi connectivity index (χ4v) is 1.65. The quantitative estimate of drug-likeness (QED) is 0.609. The second-order valence-electron chi connectivity index (χ2n) is 3.60. The van der Waals surface area contributed by atoms with Crippen LogP contribution in [0.1, 0.15) is 37.8 Å². The van der Waals surface area contributed by atoms with Gasteiger partial charge in [0, 0.05) is 0 Å². The van der Waals surface area contributed by atoms with Crippen LogP contribution in [0.3, 0.4) is 0 Å². The van der Waals surface area contributed by atoms with Gasteiger partial charge in [0.15, 0.2) is 0 Å². The highest BCUT2D eigenvalue weighted by Gasteiger charge is 1.97. The Morgan fingerprint density at radius 3 is 2.36 bits per heavy atom. The lowest BCUT2D eigenvalue weighted by atomic mass is 10.0. The molecule has 76 valence electrons. The van der Waals surface area contributed by atoms with Gasteiger partial charge >= 0.3 is 0 Å².